The van der Waals surface area contributed by atoms with Gasteiger partial charge in [0.2, 0.25) is 0 Å². The smallest absolute Gasteiger partial charge is 0.0414 e. The maximum atomic E-state index is 4.28. The molecule has 0 aliphatic heterocycles. The molecule has 0 heterocycles. The van der Waals surface area contributed by atoms with Crippen molar-refractivity contribution in [2.45, 2.75) is 251 Å². The van der Waals surface area contributed by atoms with Crippen molar-refractivity contribution in [2.75, 3.05) is 0 Å². The zero-order chi connectivity index (χ0) is 29.7. The highest BCUT2D eigenvalue weighted by molar-refractivity contribution is 4.62. The Bertz CT molecular complexity index is 388. The SMILES string of the molecule is [CH2]CC(CCCCCCCCCCCCCCCCCCC)CCCCCCCCCCCCCCCCCCC. The molecule has 0 aromatic rings. The van der Waals surface area contributed by atoms with Crippen LogP contribution in [0.25, 0.3) is 0 Å². The van der Waals surface area contributed by atoms with Crippen molar-refractivity contribution in [3.8, 4) is 0 Å². The van der Waals surface area contributed by atoms with E-state index in [4.69, 9.17) is 0 Å². The third-order valence-corrected chi connectivity index (χ3v) is 9.84. The van der Waals surface area contributed by atoms with E-state index in [0.717, 1.165) is 12.3 Å². The first kappa shape index (κ1) is 41.0. The van der Waals surface area contributed by atoms with E-state index in [2.05, 4.69) is 20.8 Å². The molecule has 0 heteroatoms. The molecule has 41 heavy (non-hydrogen) atoms. The molecular weight excluding hydrogens is 492 g/mol. The molecule has 0 spiro atoms. The van der Waals surface area contributed by atoms with Gasteiger partial charge in [-0.15, -0.1) is 0 Å². The molecule has 0 aliphatic carbocycles. The van der Waals surface area contributed by atoms with Crippen LogP contribution in [0.3, 0.4) is 0 Å². The van der Waals surface area contributed by atoms with E-state index in [9.17, 15) is 0 Å². The molecule has 0 saturated heterocycles. The van der Waals surface area contributed by atoms with Crippen LogP contribution in [0.2, 0.25) is 0 Å². The number of hydrogen-bond donors (Lipinski definition) is 0. The van der Waals surface area contributed by atoms with Gasteiger partial charge in [0.05, 0.1) is 0 Å². The Labute approximate surface area is 263 Å². The van der Waals surface area contributed by atoms with Gasteiger partial charge in [-0.3, -0.25) is 0 Å². The highest BCUT2D eigenvalue weighted by Gasteiger charge is 2.06. The molecule has 0 fully saturated rings. The fourth-order valence-electron chi connectivity index (χ4n) is 6.75. The van der Waals surface area contributed by atoms with Crippen LogP contribution in [0.5, 0.6) is 0 Å². The highest BCUT2D eigenvalue weighted by Crippen LogP contribution is 2.22. The highest BCUT2D eigenvalue weighted by atomic mass is 14.1. The normalized spacial score (nSPS) is 11.7. The van der Waals surface area contributed by atoms with E-state index in [0.29, 0.717) is 0 Å². The minimum absolute atomic E-state index is 0.905. The summed E-state index contributed by atoms with van der Waals surface area (Å²) in [6.45, 7) is 8.89. The Morgan fingerprint density at radius 1 is 0.268 bits per heavy atom. The molecule has 0 saturated carbocycles. The third kappa shape index (κ3) is 36.1. The fraction of sp³-hybridized carbons (Fsp3) is 0.976. The van der Waals surface area contributed by atoms with Gasteiger partial charge in [0.25, 0.3) is 0 Å². The van der Waals surface area contributed by atoms with Crippen LogP contribution >= 0.6 is 0 Å². The summed E-state index contributed by atoms with van der Waals surface area (Å²) in [5.41, 5.74) is 0. The largest absolute Gasteiger partial charge is 0.0654 e. The summed E-state index contributed by atoms with van der Waals surface area (Å²) < 4.78 is 0. The summed E-state index contributed by atoms with van der Waals surface area (Å²) >= 11 is 0. The predicted octanol–water partition coefficient (Wildman–Crippen LogP) is 15.9. The van der Waals surface area contributed by atoms with Crippen LogP contribution in [0.1, 0.15) is 251 Å². The van der Waals surface area contributed by atoms with Crippen LogP contribution in [-0.2, 0) is 0 Å². The van der Waals surface area contributed by atoms with Crippen molar-refractivity contribution in [3.63, 3.8) is 0 Å². The first-order valence-electron chi connectivity index (χ1n) is 20.1. The van der Waals surface area contributed by atoms with Crippen molar-refractivity contribution >= 4 is 0 Å². The molecule has 0 atom stereocenters. The molecule has 0 aromatic carbocycles. The van der Waals surface area contributed by atoms with E-state index in [1.807, 2.05) is 0 Å². The second kappa shape index (κ2) is 38.0. The molecule has 0 rings (SSSR count). The predicted molar refractivity (Wildman–Crippen MR) is 191 cm³/mol. The topological polar surface area (TPSA) is 0 Å². The van der Waals surface area contributed by atoms with Gasteiger partial charge in [-0.25, -0.2) is 0 Å². The third-order valence-electron chi connectivity index (χ3n) is 9.84. The summed E-state index contributed by atoms with van der Waals surface area (Å²) in [6.07, 6.45) is 54.0. The first-order chi connectivity index (χ1) is 20.3. The molecule has 0 bridgehead atoms. The summed E-state index contributed by atoms with van der Waals surface area (Å²) in [5, 5.41) is 0. The molecule has 0 nitrogen and oxygen atoms in total. The van der Waals surface area contributed by atoms with Gasteiger partial charge in [0.1, 0.15) is 0 Å². The molecule has 0 N–H and O–H groups in total. The molecule has 247 valence electrons. The lowest BCUT2D eigenvalue weighted by Crippen LogP contribution is -1.99. The van der Waals surface area contributed by atoms with E-state index >= 15 is 0 Å². The quantitative estimate of drug-likeness (QED) is 0.0646. The van der Waals surface area contributed by atoms with Crippen LogP contribution in [0.4, 0.5) is 0 Å². The van der Waals surface area contributed by atoms with Gasteiger partial charge < -0.3 is 0 Å². The van der Waals surface area contributed by atoms with Crippen LogP contribution in [-0.4, -0.2) is 0 Å². The van der Waals surface area contributed by atoms with Crippen molar-refractivity contribution in [2.24, 2.45) is 5.92 Å². The average Bonchev–Trinajstić information content (AvgIpc) is 2.99. The number of rotatable bonds is 37. The van der Waals surface area contributed by atoms with Crippen molar-refractivity contribution < 1.29 is 0 Å². The van der Waals surface area contributed by atoms with Crippen LogP contribution in [0.15, 0.2) is 0 Å². The molecule has 0 unspecified atom stereocenters. The lowest BCUT2D eigenvalue weighted by Gasteiger charge is -2.14. The Kier molecular flexibility index (Phi) is 38.0. The number of unbranched alkanes of at least 4 members (excludes halogenated alkanes) is 32. The summed E-state index contributed by atoms with van der Waals surface area (Å²) in [4.78, 5) is 0. The van der Waals surface area contributed by atoms with Crippen molar-refractivity contribution in [1.29, 1.82) is 0 Å². The second-order valence-corrected chi connectivity index (χ2v) is 14.0. The minimum Gasteiger partial charge on any atom is -0.0654 e. The molecule has 0 aliphatic rings. The van der Waals surface area contributed by atoms with Gasteiger partial charge in [0.15, 0.2) is 0 Å². The van der Waals surface area contributed by atoms with Gasteiger partial charge in [-0.1, -0.05) is 258 Å². The molecule has 0 amide bonds. The average molecular weight is 576 g/mol. The summed E-state index contributed by atoms with van der Waals surface area (Å²) in [5.74, 6) is 0.905. The summed E-state index contributed by atoms with van der Waals surface area (Å²) in [7, 11) is 0. The molecule has 1 radical (unpaired) electrons. The van der Waals surface area contributed by atoms with Gasteiger partial charge in [-0.2, -0.15) is 0 Å². The lowest BCUT2D eigenvalue weighted by atomic mass is 9.92. The van der Waals surface area contributed by atoms with E-state index in [1.54, 1.807) is 0 Å². The standard InChI is InChI=1S/C41H83/c1-4-7-9-11-13-15-17-19-21-23-25-27-29-31-33-35-37-39-41(6-3)40-38-36-34-32-30-28-26-24-22-20-18-16-14-12-10-8-5-2/h41H,3-40H2,1-2H3. The Hall–Kier alpha value is 0. The van der Waals surface area contributed by atoms with Crippen LogP contribution < -0.4 is 0 Å². The fourth-order valence-corrected chi connectivity index (χ4v) is 6.75. The molecule has 0 aromatic heterocycles. The van der Waals surface area contributed by atoms with E-state index in [1.165, 1.54) is 231 Å². The first-order valence-corrected chi connectivity index (χ1v) is 20.1. The van der Waals surface area contributed by atoms with Gasteiger partial charge >= 0.3 is 0 Å². The molecular formula is C41H83. The van der Waals surface area contributed by atoms with E-state index in [-0.39, 0.29) is 0 Å². The van der Waals surface area contributed by atoms with E-state index < -0.39 is 0 Å². The zero-order valence-corrected chi connectivity index (χ0v) is 29.4. The van der Waals surface area contributed by atoms with Crippen LogP contribution in [0, 0.1) is 12.8 Å². The zero-order valence-electron chi connectivity index (χ0n) is 29.4. The Morgan fingerprint density at radius 2 is 0.439 bits per heavy atom. The number of hydrogen-bond acceptors (Lipinski definition) is 0. The second-order valence-electron chi connectivity index (χ2n) is 14.0. The summed E-state index contributed by atoms with van der Waals surface area (Å²) in [6, 6.07) is 0. The van der Waals surface area contributed by atoms with Gasteiger partial charge in [-0.05, 0) is 5.92 Å². The monoisotopic (exact) mass is 576 g/mol. The maximum absolute atomic E-state index is 4.28. The maximum Gasteiger partial charge on any atom is -0.0414 e. The van der Waals surface area contributed by atoms with Crippen molar-refractivity contribution in [1.82, 2.24) is 0 Å². The van der Waals surface area contributed by atoms with Gasteiger partial charge in [0, 0.05) is 0 Å². The van der Waals surface area contributed by atoms with Crippen molar-refractivity contribution in [3.05, 3.63) is 6.92 Å². The minimum atomic E-state index is 0.905. The Morgan fingerprint density at radius 3 is 0.610 bits per heavy atom. The lowest BCUT2D eigenvalue weighted by molar-refractivity contribution is 0.404. The Balaban J connectivity index is 3.24.